The molecule has 1 unspecified atom stereocenters. The predicted octanol–water partition coefficient (Wildman–Crippen LogP) is 2.77. The third-order valence-corrected chi connectivity index (χ3v) is 5.71. The number of rotatable bonds is 5. The number of aliphatic hydroxyl groups is 1. The van der Waals surface area contributed by atoms with Crippen LogP contribution in [0.3, 0.4) is 0 Å². The number of nitrogens with zero attached hydrogens (tertiary/aromatic N) is 1. The summed E-state index contributed by atoms with van der Waals surface area (Å²) in [4.78, 5) is 5.64. The first kappa shape index (κ1) is 14.1. The number of aromatic nitrogens is 1. The summed E-state index contributed by atoms with van der Waals surface area (Å²) >= 11 is 3.53. The fourth-order valence-corrected chi connectivity index (χ4v) is 4.45. The van der Waals surface area contributed by atoms with E-state index in [9.17, 15) is 5.11 Å². The molecule has 0 amide bonds. The van der Waals surface area contributed by atoms with E-state index in [-0.39, 0.29) is 0 Å². The highest BCUT2D eigenvalue weighted by molar-refractivity contribution is 7.99. The maximum atomic E-state index is 10.3. The zero-order valence-electron chi connectivity index (χ0n) is 11.2. The fraction of sp³-hybridized carbons (Fsp3) is 0.400. The molecule has 0 bridgehead atoms. The van der Waals surface area contributed by atoms with Crippen molar-refractivity contribution in [2.45, 2.75) is 18.6 Å². The molecule has 5 heteroatoms. The molecule has 0 aliphatic carbocycles. The molecule has 3 nitrogen and oxygen atoms in total. The summed E-state index contributed by atoms with van der Waals surface area (Å²) in [6.45, 7) is 1.38. The molecule has 2 heterocycles. The van der Waals surface area contributed by atoms with Crippen molar-refractivity contribution in [3.05, 3.63) is 41.5 Å². The molecule has 0 spiro atoms. The van der Waals surface area contributed by atoms with Crippen LogP contribution in [0.2, 0.25) is 0 Å². The van der Waals surface area contributed by atoms with Crippen LogP contribution >= 0.6 is 23.1 Å². The van der Waals surface area contributed by atoms with Crippen LogP contribution in [-0.2, 0) is 6.54 Å². The molecule has 0 radical (unpaired) electrons. The van der Waals surface area contributed by atoms with Crippen molar-refractivity contribution in [2.24, 2.45) is 0 Å². The molecule has 106 valence electrons. The van der Waals surface area contributed by atoms with Crippen molar-refractivity contribution < 1.29 is 5.11 Å². The molecule has 1 atom stereocenters. The first-order valence-electron chi connectivity index (χ1n) is 6.76. The molecule has 1 saturated heterocycles. The smallest absolute Gasteiger partial charge is 0.107 e. The van der Waals surface area contributed by atoms with Gasteiger partial charge in [0.2, 0.25) is 0 Å². The van der Waals surface area contributed by atoms with Gasteiger partial charge in [-0.05, 0) is 17.7 Å². The second kappa shape index (κ2) is 6.26. The lowest BCUT2D eigenvalue weighted by Gasteiger charge is -2.21. The van der Waals surface area contributed by atoms with E-state index >= 15 is 0 Å². The normalized spacial score (nSPS) is 22.2. The van der Waals surface area contributed by atoms with E-state index < -0.39 is 5.60 Å². The van der Waals surface area contributed by atoms with Gasteiger partial charge in [0.1, 0.15) is 5.01 Å². The summed E-state index contributed by atoms with van der Waals surface area (Å²) < 4.78 is 0. The van der Waals surface area contributed by atoms with Crippen molar-refractivity contribution in [2.75, 3.05) is 18.1 Å². The van der Waals surface area contributed by atoms with Gasteiger partial charge in [-0.15, -0.1) is 11.3 Å². The SMILES string of the molecule is OC1(CNCc2ncc(-c3ccccc3)s2)CCSC1. The fourth-order valence-electron chi connectivity index (χ4n) is 2.27. The summed E-state index contributed by atoms with van der Waals surface area (Å²) in [6, 6.07) is 10.3. The summed E-state index contributed by atoms with van der Waals surface area (Å²) in [7, 11) is 0. The van der Waals surface area contributed by atoms with Crippen LogP contribution in [0.4, 0.5) is 0 Å². The first-order valence-corrected chi connectivity index (χ1v) is 8.73. The van der Waals surface area contributed by atoms with Crippen LogP contribution < -0.4 is 5.32 Å². The predicted molar refractivity (Wildman–Crippen MR) is 86.1 cm³/mol. The highest BCUT2D eigenvalue weighted by atomic mass is 32.2. The highest BCUT2D eigenvalue weighted by Crippen LogP contribution is 2.28. The lowest BCUT2D eigenvalue weighted by atomic mass is 10.0. The van der Waals surface area contributed by atoms with Gasteiger partial charge in [-0.25, -0.2) is 4.98 Å². The van der Waals surface area contributed by atoms with Crippen molar-refractivity contribution in [1.29, 1.82) is 0 Å². The molecular weight excluding hydrogens is 288 g/mol. The summed E-state index contributed by atoms with van der Waals surface area (Å²) in [5, 5.41) is 14.7. The Hall–Kier alpha value is -0.880. The zero-order valence-corrected chi connectivity index (χ0v) is 12.8. The quantitative estimate of drug-likeness (QED) is 0.891. The molecule has 1 aromatic carbocycles. The van der Waals surface area contributed by atoms with Crippen molar-refractivity contribution in [3.63, 3.8) is 0 Å². The van der Waals surface area contributed by atoms with Gasteiger partial charge in [-0.2, -0.15) is 11.8 Å². The van der Waals surface area contributed by atoms with E-state index in [1.807, 2.05) is 36.2 Å². The van der Waals surface area contributed by atoms with Crippen molar-refractivity contribution >= 4 is 23.1 Å². The van der Waals surface area contributed by atoms with Crippen LogP contribution in [0.5, 0.6) is 0 Å². The number of nitrogens with one attached hydrogen (secondary N) is 1. The maximum Gasteiger partial charge on any atom is 0.107 e. The molecule has 2 N–H and O–H groups in total. The average Bonchev–Trinajstić information content (AvgIpc) is 3.10. The van der Waals surface area contributed by atoms with Gasteiger partial charge in [-0.1, -0.05) is 30.3 Å². The number of hydrogen-bond acceptors (Lipinski definition) is 5. The Bertz CT molecular complexity index is 550. The topological polar surface area (TPSA) is 45.1 Å². The van der Waals surface area contributed by atoms with Crippen LogP contribution in [0.1, 0.15) is 11.4 Å². The Morgan fingerprint density at radius 1 is 1.30 bits per heavy atom. The molecule has 20 heavy (non-hydrogen) atoms. The van der Waals surface area contributed by atoms with E-state index in [0.29, 0.717) is 6.54 Å². The highest BCUT2D eigenvalue weighted by Gasteiger charge is 2.31. The second-order valence-corrected chi connectivity index (χ2v) is 7.34. The Morgan fingerprint density at radius 2 is 2.15 bits per heavy atom. The third-order valence-electron chi connectivity index (χ3n) is 3.42. The van der Waals surface area contributed by atoms with Crippen LogP contribution in [0, 0.1) is 0 Å². The van der Waals surface area contributed by atoms with Crippen molar-refractivity contribution in [3.8, 4) is 10.4 Å². The number of thiazole rings is 1. The maximum absolute atomic E-state index is 10.3. The Labute approximate surface area is 127 Å². The van der Waals surface area contributed by atoms with E-state index in [1.165, 1.54) is 10.4 Å². The molecule has 3 rings (SSSR count). The average molecular weight is 306 g/mol. The summed E-state index contributed by atoms with van der Waals surface area (Å²) in [5.41, 5.74) is 0.687. The molecule has 1 aromatic heterocycles. The van der Waals surface area contributed by atoms with E-state index in [0.717, 1.165) is 29.5 Å². The lowest BCUT2D eigenvalue weighted by molar-refractivity contribution is 0.0674. The minimum atomic E-state index is -0.524. The molecule has 1 fully saturated rings. The molecule has 2 aromatic rings. The monoisotopic (exact) mass is 306 g/mol. The molecular formula is C15H18N2OS2. The van der Waals surface area contributed by atoms with Gasteiger partial charge in [0.25, 0.3) is 0 Å². The minimum Gasteiger partial charge on any atom is -0.388 e. The Morgan fingerprint density at radius 3 is 2.90 bits per heavy atom. The van der Waals surface area contributed by atoms with Gasteiger partial charge in [0.15, 0.2) is 0 Å². The van der Waals surface area contributed by atoms with Gasteiger partial charge in [-0.3, -0.25) is 0 Å². The second-order valence-electron chi connectivity index (χ2n) is 5.11. The van der Waals surface area contributed by atoms with Crippen LogP contribution in [0.15, 0.2) is 36.5 Å². The largest absolute Gasteiger partial charge is 0.388 e. The zero-order chi connectivity index (χ0) is 13.8. The number of hydrogen-bond donors (Lipinski definition) is 2. The third kappa shape index (κ3) is 3.41. The molecule has 1 aliphatic rings. The summed E-state index contributed by atoms with van der Waals surface area (Å²) in [6.07, 6.45) is 2.81. The first-order chi connectivity index (χ1) is 9.75. The summed E-state index contributed by atoms with van der Waals surface area (Å²) in [5.74, 6) is 1.90. The standard InChI is InChI=1S/C15H18N2OS2/c18-15(6-7-19-11-15)10-16-9-14-17-8-13(20-14)12-4-2-1-3-5-12/h1-5,8,16,18H,6-7,9-11H2. The van der Waals surface area contributed by atoms with E-state index in [4.69, 9.17) is 0 Å². The van der Waals surface area contributed by atoms with E-state index in [2.05, 4.69) is 22.4 Å². The van der Waals surface area contributed by atoms with Gasteiger partial charge in [0, 0.05) is 25.0 Å². The number of thioether (sulfide) groups is 1. The van der Waals surface area contributed by atoms with Gasteiger partial charge < -0.3 is 10.4 Å². The van der Waals surface area contributed by atoms with Gasteiger partial charge >= 0.3 is 0 Å². The van der Waals surface area contributed by atoms with Crippen molar-refractivity contribution in [1.82, 2.24) is 10.3 Å². The lowest BCUT2D eigenvalue weighted by Crippen LogP contribution is -2.40. The van der Waals surface area contributed by atoms with Crippen LogP contribution in [0.25, 0.3) is 10.4 Å². The Kier molecular flexibility index (Phi) is 4.41. The van der Waals surface area contributed by atoms with Crippen LogP contribution in [-0.4, -0.2) is 33.7 Å². The molecule has 0 saturated carbocycles. The minimum absolute atomic E-state index is 0.524. The Balaban J connectivity index is 1.55. The molecule has 1 aliphatic heterocycles. The van der Waals surface area contributed by atoms with Gasteiger partial charge in [0.05, 0.1) is 10.5 Å². The number of benzene rings is 1. The van der Waals surface area contributed by atoms with E-state index in [1.54, 1.807) is 11.3 Å².